The van der Waals surface area contributed by atoms with Crippen molar-refractivity contribution in [3.8, 4) is 11.8 Å². The van der Waals surface area contributed by atoms with Crippen LogP contribution in [0.15, 0.2) is 71.6 Å². The monoisotopic (exact) mass is 530 g/mol. The van der Waals surface area contributed by atoms with E-state index in [9.17, 15) is 18.5 Å². The zero-order valence-electron chi connectivity index (χ0n) is 21.4. The number of rotatable bonds is 6. The third-order valence-corrected chi connectivity index (χ3v) is 9.77. The second-order valence-electron chi connectivity index (χ2n) is 9.74. The summed E-state index contributed by atoms with van der Waals surface area (Å²) in [7, 11) is -2.32. The first-order chi connectivity index (χ1) is 18.3. The van der Waals surface area contributed by atoms with Crippen molar-refractivity contribution in [3.05, 3.63) is 89.0 Å². The van der Waals surface area contributed by atoms with Gasteiger partial charge in [0.25, 0.3) is 15.9 Å². The van der Waals surface area contributed by atoms with Gasteiger partial charge >= 0.3 is 0 Å². The normalized spacial score (nSPS) is 18.0. The fourth-order valence-corrected chi connectivity index (χ4v) is 7.49. The van der Waals surface area contributed by atoms with Gasteiger partial charge in [-0.3, -0.25) is 9.10 Å². The Morgan fingerprint density at radius 3 is 2.53 bits per heavy atom. The van der Waals surface area contributed by atoms with E-state index in [1.165, 1.54) is 4.31 Å². The molecule has 2 heterocycles. The molecular weight excluding hydrogens is 500 g/mol. The Morgan fingerprint density at radius 2 is 1.84 bits per heavy atom. The number of nitrogens with one attached hydrogen (secondary N) is 2. The molecule has 1 saturated heterocycles. The molecule has 8 nitrogen and oxygen atoms in total. The molecule has 196 valence electrons. The molecule has 1 atom stereocenters. The Morgan fingerprint density at radius 1 is 1.13 bits per heavy atom. The second kappa shape index (κ2) is 10.1. The minimum absolute atomic E-state index is 0.195. The van der Waals surface area contributed by atoms with Crippen LogP contribution in [0.25, 0.3) is 0 Å². The standard InChI is InChI=1S/C29H30N4O4S/c1-20-29(13-15-31-16-14-29)26-17-21(28(34)32-19-23-6-4-3-5-22(23)18-30)7-12-27(26)33(20)38(35,36)25-10-8-24(37-2)9-11-25/h3-12,17,20,31H,13-16,19H2,1-2H3,(H,32,34). The number of methoxy groups -OCH3 is 1. The molecule has 1 spiro atoms. The number of ether oxygens (including phenoxy) is 1. The number of anilines is 1. The molecule has 2 aliphatic rings. The van der Waals surface area contributed by atoms with Gasteiger partial charge in [-0.25, -0.2) is 8.42 Å². The molecule has 5 rings (SSSR count). The van der Waals surface area contributed by atoms with Crippen LogP contribution in [0.5, 0.6) is 5.75 Å². The van der Waals surface area contributed by atoms with E-state index in [-0.39, 0.29) is 23.4 Å². The largest absolute Gasteiger partial charge is 0.497 e. The summed E-state index contributed by atoms with van der Waals surface area (Å²) >= 11 is 0. The van der Waals surface area contributed by atoms with E-state index in [1.54, 1.807) is 55.6 Å². The number of carbonyl (C=O) groups is 1. The van der Waals surface area contributed by atoms with Gasteiger partial charge in [-0.05, 0) is 92.5 Å². The summed E-state index contributed by atoms with van der Waals surface area (Å²) in [4.78, 5) is 13.4. The summed E-state index contributed by atoms with van der Waals surface area (Å²) in [6.45, 7) is 3.72. The Hall–Kier alpha value is -3.87. The number of piperidine rings is 1. The number of sulfonamides is 1. The van der Waals surface area contributed by atoms with Crippen molar-refractivity contribution in [2.75, 3.05) is 24.5 Å². The fourth-order valence-electron chi connectivity index (χ4n) is 5.75. The van der Waals surface area contributed by atoms with Crippen LogP contribution in [-0.4, -0.2) is 40.6 Å². The minimum atomic E-state index is -3.86. The SMILES string of the molecule is COc1ccc(S(=O)(=O)N2c3ccc(C(=O)NCc4ccccc4C#N)cc3C3(CCNCC3)C2C)cc1. The first-order valence-electron chi connectivity index (χ1n) is 12.6. The molecule has 1 amide bonds. The molecule has 1 unspecified atom stereocenters. The highest BCUT2D eigenvalue weighted by atomic mass is 32.2. The molecule has 1 fully saturated rings. The van der Waals surface area contributed by atoms with E-state index >= 15 is 0 Å². The number of hydrogen-bond donors (Lipinski definition) is 2. The highest BCUT2D eigenvalue weighted by molar-refractivity contribution is 7.92. The number of nitriles is 1. The summed E-state index contributed by atoms with van der Waals surface area (Å²) in [5, 5.41) is 15.6. The zero-order valence-corrected chi connectivity index (χ0v) is 22.2. The maximum absolute atomic E-state index is 13.9. The van der Waals surface area contributed by atoms with Crippen molar-refractivity contribution in [1.29, 1.82) is 5.26 Å². The number of nitrogens with zero attached hydrogens (tertiary/aromatic N) is 2. The summed E-state index contributed by atoms with van der Waals surface area (Å²) in [5.74, 6) is 0.315. The molecule has 0 bridgehead atoms. The molecule has 9 heteroatoms. The van der Waals surface area contributed by atoms with Crippen LogP contribution >= 0.6 is 0 Å². The summed E-state index contributed by atoms with van der Waals surface area (Å²) in [6, 6.07) is 20.7. The van der Waals surface area contributed by atoms with Crippen LogP contribution in [-0.2, 0) is 22.0 Å². The molecule has 0 radical (unpaired) electrons. The van der Waals surface area contributed by atoms with Crippen LogP contribution in [0, 0.1) is 11.3 Å². The topological polar surface area (TPSA) is 112 Å². The van der Waals surface area contributed by atoms with E-state index in [1.807, 2.05) is 25.1 Å². The lowest BCUT2D eigenvalue weighted by Crippen LogP contribution is -2.50. The molecule has 3 aromatic rings. The average molecular weight is 531 g/mol. The van der Waals surface area contributed by atoms with Gasteiger partial charge in [0, 0.05) is 17.5 Å². The van der Waals surface area contributed by atoms with Crippen molar-refractivity contribution in [2.45, 2.75) is 42.7 Å². The molecule has 38 heavy (non-hydrogen) atoms. The van der Waals surface area contributed by atoms with Crippen LogP contribution < -0.4 is 19.7 Å². The Kier molecular flexibility index (Phi) is 6.86. The van der Waals surface area contributed by atoms with Crippen LogP contribution in [0.1, 0.15) is 46.8 Å². The number of benzene rings is 3. The van der Waals surface area contributed by atoms with E-state index < -0.39 is 15.4 Å². The summed E-state index contributed by atoms with van der Waals surface area (Å²) < 4.78 is 34.6. The lowest BCUT2D eigenvalue weighted by atomic mass is 9.70. The van der Waals surface area contributed by atoms with Gasteiger partial charge in [-0.1, -0.05) is 18.2 Å². The number of amides is 1. The highest BCUT2D eigenvalue weighted by Gasteiger charge is 2.53. The first kappa shape index (κ1) is 25.8. The van der Waals surface area contributed by atoms with Crippen LogP contribution in [0.2, 0.25) is 0 Å². The van der Waals surface area contributed by atoms with Crippen molar-refractivity contribution >= 4 is 21.6 Å². The average Bonchev–Trinajstić information content (AvgIpc) is 3.19. The predicted molar refractivity (Wildman–Crippen MR) is 145 cm³/mol. The second-order valence-corrected chi connectivity index (χ2v) is 11.6. The Balaban J connectivity index is 1.51. The van der Waals surface area contributed by atoms with Gasteiger partial charge in [0.1, 0.15) is 5.75 Å². The summed E-state index contributed by atoms with van der Waals surface area (Å²) in [6.07, 6.45) is 1.52. The fraction of sp³-hybridized carbons (Fsp3) is 0.310. The van der Waals surface area contributed by atoms with Gasteiger partial charge in [0.15, 0.2) is 0 Å². The van der Waals surface area contributed by atoms with Gasteiger partial charge in [-0.2, -0.15) is 5.26 Å². The maximum atomic E-state index is 13.9. The van der Waals surface area contributed by atoms with Gasteiger partial charge in [0.05, 0.1) is 35.4 Å². The van der Waals surface area contributed by atoms with E-state index in [2.05, 4.69) is 16.7 Å². The smallest absolute Gasteiger partial charge is 0.264 e. The zero-order chi connectivity index (χ0) is 26.9. The van der Waals surface area contributed by atoms with Crippen molar-refractivity contribution in [1.82, 2.24) is 10.6 Å². The highest BCUT2D eigenvalue weighted by Crippen LogP contribution is 2.52. The molecular formula is C29H30N4O4S. The van der Waals surface area contributed by atoms with E-state index in [0.29, 0.717) is 22.6 Å². The van der Waals surface area contributed by atoms with Crippen LogP contribution in [0.4, 0.5) is 5.69 Å². The molecule has 0 aromatic heterocycles. The van der Waals surface area contributed by atoms with Gasteiger partial charge in [0.2, 0.25) is 0 Å². The maximum Gasteiger partial charge on any atom is 0.264 e. The quantitative estimate of drug-likeness (QED) is 0.503. The van der Waals surface area contributed by atoms with Crippen molar-refractivity contribution < 1.29 is 17.9 Å². The van der Waals surface area contributed by atoms with Crippen LogP contribution in [0.3, 0.4) is 0 Å². The molecule has 2 N–H and O–H groups in total. The van der Waals surface area contributed by atoms with Crippen molar-refractivity contribution in [2.24, 2.45) is 0 Å². The van der Waals surface area contributed by atoms with Gasteiger partial charge in [-0.15, -0.1) is 0 Å². The van der Waals surface area contributed by atoms with E-state index in [0.717, 1.165) is 37.1 Å². The number of carbonyl (C=O) groups excluding carboxylic acids is 1. The first-order valence-corrected chi connectivity index (χ1v) is 14.1. The lowest BCUT2D eigenvalue weighted by molar-refractivity contribution is 0.0950. The minimum Gasteiger partial charge on any atom is -0.497 e. The molecule has 0 aliphatic carbocycles. The summed E-state index contributed by atoms with van der Waals surface area (Å²) in [5.41, 5.74) is 2.81. The predicted octanol–water partition coefficient (Wildman–Crippen LogP) is 3.72. The number of fused-ring (bicyclic) bond motifs is 2. The molecule has 2 aliphatic heterocycles. The third kappa shape index (κ3) is 4.30. The number of hydrogen-bond acceptors (Lipinski definition) is 6. The van der Waals surface area contributed by atoms with E-state index in [4.69, 9.17) is 4.74 Å². The lowest BCUT2D eigenvalue weighted by Gasteiger charge is -2.40. The Bertz CT molecular complexity index is 1510. The van der Waals surface area contributed by atoms with Gasteiger partial charge < -0.3 is 15.4 Å². The molecule has 0 saturated carbocycles. The van der Waals surface area contributed by atoms with Crippen molar-refractivity contribution in [3.63, 3.8) is 0 Å². The third-order valence-electron chi connectivity index (χ3n) is 7.87. The Labute approximate surface area is 223 Å². The molecule has 3 aromatic carbocycles.